The van der Waals surface area contributed by atoms with Gasteiger partial charge >= 0.3 is 0 Å². The van der Waals surface area contributed by atoms with E-state index in [0.29, 0.717) is 20.2 Å². The third kappa shape index (κ3) is 3.18. The molecule has 0 aliphatic carbocycles. The van der Waals surface area contributed by atoms with Gasteiger partial charge in [-0.1, -0.05) is 15.9 Å². The van der Waals surface area contributed by atoms with Gasteiger partial charge in [0.2, 0.25) is 0 Å². The van der Waals surface area contributed by atoms with Crippen molar-refractivity contribution in [3.8, 4) is 11.8 Å². The van der Waals surface area contributed by atoms with Crippen LogP contribution in [0.4, 0.5) is 5.69 Å². The fourth-order valence-electron chi connectivity index (χ4n) is 1.57. The summed E-state index contributed by atoms with van der Waals surface area (Å²) in [6.07, 6.45) is 0. The van der Waals surface area contributed by atoms with E-state index >= 15 is 0 Å². The molecule has 2 N–H and O–H groups in total. The van der Waals surface area contributed by atoms with Gasteiger partial charge in [-0.05, 0) is 52.3 Å². The average molecular weight is 396 g/mol. The maximum Gasteiger partial charge on any atom is 0.259 e. The van der Waals surface area contributed by atoms with Crippen LogP contribution in [-0.2, 0) is 0 Å². The second kappa shape index (κ2) is 6.07. The molecule has 2 aromatic rings. The Morgan fingerprint density at radius 2 is 1.95 bits per heavy atom. The third-order valence-electron chi connectivity index (χ3n) is 2.55. The van der Waals surface area contributed by atoms with E-state index in [0.717, 1.165) is 0 Å². The first-order valence-corrected chi connectivity index (χ1v) is 7.09. The molecule has 0 fully saturated rings. The minimum atomic E-state index is -0.430. The molecule has 20 heavy (non-hydrogen) atoms. The van der Waals surface area contributed by atoms with Crippen molar-refractivity contribution in [1.29, 1.82) is 5.26 Å². The summed E-state index contributed by atoms with van der Waals surface area (Å²) in [4.78, 5) is 12.1. The highest BCUT2D eigenvalue weighted by Gasteiger charge is 2.13. The van der Waals surface area contributed by atoms with Crippen LogP contribution >= 0.6 is 31.9 Å². The molecule has 0 aromatic heterocycles. The lowest BCUT2D eigenvalue weighted by atomic mass is 10.1. The molecule has 100 valence electrons. The van der Waals surface area contributed by atoms with Crippen molar-refractivity contribution in [2.45, 2.75) is 0 Å². The zero-order valence-electron chi connectivity index (χ0n) is 10.0. The molecule has 0 saturated carbocycles. The zero-order valence-corrected chi connectivity index (χ0v) is 13.2. The maximum absolute atomic E-state index is 12.1. The highest BCUT2D eigenvalue weighted by Crippen LogP contribution is 2.26. The second-order valence-corrected chi connectivity index (χ2v) is 5.69. The van der Waals surface area contributed by atoms with Gasteiger partial charge in [-0.3, -0.25) is 4.79 Å². The van der Waals surface area contributed by atoms with E-state index in [4.69, 9.17) is 5.26 Å². The number of nitrogens with zero attached hydrogens (tertiary/aromatic N) is 1. The zero-order chi connectivity index (χ0) is 14.7. The van der Waals surface area contributed by atoms with E-state index in [2.05, 4.69) is 37.2 Å². The SMILES string of the molecule is N#Cc1ccc(NC(=O)c2ccc(Br)cc2O)c(Br)c1. The third-order valence-corrected chi connectivity index (χ3v) is 3.70. The highest BCUT2D eigenvalue weighted by molar-refractivity contribution is 9.10. The number of hydrogen-bond acceptors (Lipinski definition) is 3. The molecule has 0 heterocycles. The van der Waals surface area contributed by atoms with Gasteiger partial charge in [0, 0.05) is 8.95 Å². The number of halogens is 2. The van der Waals surface area contributed by atoms with E-state index < -0.39 is 5.91 Å². The van der Waals surface area contributed by atoms with Crippen molar-refractivity contribution in [2.75, 3.05) is 5.32 Å². The molecule has 0 aliphatic heterocycles. The van der Waals surface area contributed by atoms with Crippen LogP contribution in [0.5, 0.6) is 5.75 Å². The Morgan fingerprint density at radius 3 is 2.55 bits per heavy atom. The van der Waals surface area contributed by atoms with Crippen LogP contribution in [0.1, 0.15) is 15.9 Å². The molecule has 4 nitrogen and oxygen atoms in total. The average Bonchev–Trinajstić information content (AvgIpc) is 2.40. The fourth-order valence-corrected chi connectivity index (χ4v) is 2.40. The van der Waals surface area contributed by atoms with Crippen LogP contribution in [0.15, 0.2) is 45.3 Å². The van der Waals surface area contributed by atoms with Crippen molar-refractivity contribution >= 4 is 43.5 Å². The van der Waals surface area contributed by atoms with Crippen molar-refractivity contribution in [2.24, 2.45) is 0 Å². The van der Waals surface area contributed by atoms with Crippen molar-refractivity contribution in [3.05, 3.63) is 56.5 Å². The normalized spacial score (nSPS) is 9.85. The monoisotopic (exact) mass is 394 g/mol. The Morgan fingerprint density at radius 1 is 1.20 bits per heavy atom. The van der Waals surface area contributed by atoms with Gasteiger partial charge in [-0.15, -0.1) is 0 Å². The molecular formula is C14H8Br2N2O2. The minimum absolute atomic E-state index is 0.110. The second-order valence-electron chi connectivity index (χ2n) is 3.92. The van der Waals surface area contributed by atoms with Crippen molar-refractivity contribution in [3.63, 3.8) is 0 Å². The van der Waals surface area contributed by atoms with Crippen molar-refractivity contribution in [1.82, 2.24) is 0 Å². The Kier molecular flexibility index (Phi) is 4.42. The summed E-state index contributed by atoms with van der Waals surface area (Å²) in [5.74, 6) is -0.540. The van der Waals surface area contributed by atoms with Crippen LogP contribution in [0.25, 0.3) is 0 Å². The molecule has 0 radical (unpaired) electrons. The number of aromatic hydroxyl groups is 1. The van der Waals surface area contributed by atoms with E-state index in [1.807, 2.05) is 6.07 Å². The lowest BCUT2D eigenvalue weighted by molar-refractivity contribution is 0.102. The topological polar surface area (TPSA) is 73.1 Å². The number of benzene rings is 2. The number of carbonyl (C=O) groups is 1. The summed E-state index contributed by atoms with van der Waals surface area (Å²) < 4.78 is 1.28. The summed E-state index contributed by atoms with van der Waals surface area (Å²) >= 11 is 6.49. The van der Waals surface area contributed by atoms with Gasteiger partial charge in [-0.2, -0.15) is 5.26 Å². The van der Waals surface area contributed by atoms with Crippen LogP contribution in [0.3, 0.4) is 0 Å². The van der Waals surface area contributed by atoms with Crippen LogP contribution < -0.4 is 5.32 Å². The van der Waals surface area contributed by atoms with E-state index in [1.54, 1.807) is 24.3 Å². The number of hydrogen-bond donors (Lipinski definition) is 2. The first-order valence-electron chi connectivity index (χ1n) is 5.51. The molecular weight excluding hydrogens is 388 g/mol. The number of nitriles is 1. The predicted octanol–water partition coefficient (Wildman–Crippen LogP) is 4.04. The van der Waals surface area contributed by atoms with Crippen molar-refractivity contribution < 1.29 is 9.90 Å². The lowest BCUT2D eigenvalue weighted by Crippen LogP contribution is -2.12. The molecule has 0 spiro atoms. The number of phenols is 1. The van der Waals surface area contributed by atoms with Gasteiger partial charge in [-0.25, -0.2) is 0 Å². The van der Waals surface area contributed by atoms with Crippen LogP contribution in [0.2, 0.25) is 0 Å². The standard InChI is InChI=1S/C14H8Br2N2O2/c15-9-2-3-10(13(19)6-9)14(20)18-12-4-1-8(7-17)5-11(12)16/h1-6,19H,(H,18,20). The Labute approximate surface area is 132 Å². The number of phenolic OH excluding ortho intramolecular Hbond substituents is 1. The molecule has 0 unspecified atom stereocenters. The number of rotatable bonds is 2. The summed E-state index contributed by atoms with van der Waals surface area (Å²) in [7, 11) is 0. The molecule has 0 saturated heterocycles. The molecule has 2 aromatic carbocycles. The predicted molar refractivity (Wildman–Crippen MR) is 82.6 cm³/mol. The van der Waals surface area contributed by atoms with Gasteiger partial charge in [0.15, 0.2) is 0 Å². The van der Waals surface area contributed by atoms with Gasteiger partial charge in [0.25, 0.3) is 5.91 Å². The molecule has 0 aliphatic rings. The number of amides is 1. The maximum atomic E-state index is 12.1. The van der Waals surface area contributed by atoms with Gasteiger partial charge in [0.1, 0.15) is 5.75 Å². The first kappa shape index (κ1) is 14.6. The largest absolute Gasteiger partial charge is 0.507 e. The molecule has 0 atom stereocenters. The quantitative estimate of drug-likeness (QED) is 0.805. The van der Waals surface area contributed by atoms with E-state index in [-0.39, 0.29) is 11.3 Å². The number of nitrogens with one attached hydrogen (secondary N) is 1. The smallest absolute Gasteiger partial charge is 0.259 e. The Hall–Kier alpha value is -1.84. The lowest BCUT2D eigenvalue weighted by Gasteiger charge is -2.09. The van der Waals surface area contributed by atoms with Crippen LogP contribution in [0, 0.1) is 11.3 Å². The summed E-state index contributed by atoms with van der Waals surface area (Å²) in [5, 5.41) is 21.2. The van der Waals surface area contributed by atoms with Crippen LogP contribution in [-0.4, -0.2) is 11.0 Å². The number of carbonyl (C=O) groups excluding carboxylic acids is 1. The molecule has 1 amide bonds. The summed E-state index contributed by atoms with van der Waals surface area (Å²) in [6.45, 7) is 0. The highest BCUT2D eigenvalue weighted by atomic mass is 79.9. The van der Waals surface area contributed by atoms with E-state index in [9.17, 15) is 9.90 Å². The molecule has 0 bridgehead atoms. The minimum Gasteiger partial charge on any atom is -0.507 e. The van der Waals surface area contributed by atoms with Gasteiger partial charge in [0.05, 0.1) is 22.9 Å². The Balaban J connectivity index is 2.26. The first-order chi connectivity index (χ1) is 9.51. The molecule has 6 heteroatoms. The van der Waals surface area contributed by atoms with E-state index in [1.165, 1.54) is 12.1 Å². The van der Waals surface area contributed by atoms with Gasteiger partial charge < -0.3 is 10.4 Å². The summed E-state index contributed by atoms with van der Waals surface area (Å²) in [6, 6.07) is 11.5. The fraction of sp³-hybridized carbons (Fsp3) is 0. The number of anilines is 1. The molecule has 2 rings (SSSR count). The Bertz CT molecular complexity index is 724. The summed E-state index contributed by atoms with van der Waals surface area (Å²) in [5.41, 5.74) is 1.18.